The van der Waals surface area contributed by atoms with Gasteiger partial charge in [0, 0.05) is 26.1 Å². The maximum absolute atomic E-state index is 11.7. The molecule has 20 heavy (non-hydrogen) atoms. The minimum absolute atomic E-state index is 0. The molecule has 0 aliphatic heterocycles. The fourth-order valence-electron chi connectivity index (χ4n) is 1.68. The number of nitrogens with zero attached hydrogens (tertiary/aromatic N) is 1. The fourth-order valence-corrected chi connectivity index (χ4v) is 1.68. The van der Waals surface area contributed by atoms with Crippen LogP contribution < -0.4 is 10.5 Å². The molecule has 0 aromatic heterocycles. The smallest absolute Gasteiger partial charge is 0.222 e. The molecular formula is C15H25ClN2O2. The van der Waals surface area contributed by atoms with Crippen molar-refractivity contribution in [3.63, 3.8) is 0 Å². The van der Waals surface area contributed by atoms with E-state index in [1.165, 1.54) is 0 Å². The van der Waals surface area contributed by atoms with E-state index in [4.69, 9.17) is 10.5 Å². The van der Waals surface area contributed by atoms with E-state index in [2.05, 4.69) is 0 Å². The van der Waals surface area contributed by atoms with E-state index in [1.54, 1.807) is 4.90 Å². The van der Waals surface area contributed by atoms with Gasteiger partial charge in [0.05, 0.1) is 6.61 Å². The monoisotopic (exact) mass is 300 g/mol. The highest BCUT2D eigenvalue weighted by molar-refractivity contribution is 5.85. The highest BCUT2D eigenvalue weighted by Gasteiger charge is 2.09. The van der Waals surface area contributed by atoms with Gasteiger partial charge in [-0.05, 0) is 31.9 Å². The summed E-state index contributed by atoms with van der Waals surface area (Å²) in [4.78, 5) is 13.5. The molecular weight excluding hydrogens is 276 g/mol. The Bertz CT molecular complexity index is 371. The van der Waals surface area contributed by atoms with Gasteiger partial charge in [-0.15, -0.1) is 12.4 Å². The lowest BCUT2D eigenvalue weighted by Gasteiger charge is -2.17. The molecule has 4 nitrogen and oxygen atoms in total. The zero-order valence-electron chi connectivity index (χ0n) is 12.2. The molecule has 0 fully saturated rings. The number of ether oxygens (including phenoxy) is 1. The number of amides is 1. The summed E-state index contributed by atoms with van der Waals surface area (Å²) < 4.78 is 5.58. The Balaban J connectivity index is 0.00000361. The first kappa shape index (κ1) is 18.7. The summed E-state index contributed by atoms with van der Waals surface area (Å²) >= 11 is 0. The number of rotatable bonds is 8. The van der Waals surface area contributed by atoms with Crippen LogP contribution in [-0.4, -0.2) is 37.0 Å². The van der Waals surface area contributed by atoms with Crippen LogP contribution in [0.4, 0.5) is 0 Å². The summed E-state index contributed by atoms with van der Waals surface area (Å²) in [5, 5.41) is 0. The topological polar surface area (TPSA) is 55.6 Å². The first-order valence-electron chi connectivity index (χ1n) is 6.77. The van der Waals surface area contributed by atoms with Crippen LogP contribution in [0.15, 0.2) is 30.3 Å². The second-order valence-corrected chi connectivity index (χ2v) is 4.85. The maximum atomic E-state index is 11.7. The standard InChI is InChI=1S/C15H24N2O2.ClH/c1-13(16)9-10-15(18)17(2)11-6-12-19-14-7-4-3-5-8-14;/h3-5,7-8,13H,6,9-12,16H2,1-2H3;1H. The largest absolute Gasteiger partial charge is 0.494 e. The van der Waals surface area contributed by atoms with Crippen molar-refractivity contribution in [2.24, 2.45) is 5.73 Å². The third-order valence-corrected chi connectivity index (χ3v) is 2.89. The van der Waals surface area contributed by atoms with Crippen molar-refractivity contribution >= 4 is 18.3 Å². The molecule has 0 aliphatic rings. The Hall–Kier alpha value is -1.26. The summed E-state index contributed by atoms with van der Waals surface area (Å²) in [5.41, 5.74) is 5.64. The molecule has 1 rings (SSSR count). The third kappa shape index (κ3) is 8.02. The molecule has 0 saturated carbocycles. The normalized spacial score (nSPS) is 11.3. The number of nitrogens with two attached hydrogens (primary N) is 1. The van der Waals surface area contributed by atoms with Crippen LogP contribution in [0.25, 0.3) is 0 Å². The van der Waals surface area contributed by atoms with Crippen molar-refractivity contribution in [1.82, 2.24) is 4.90 Å². The molecule has 1 aromatic rings. The second kappa shape index (κ2) is 10.5. The summed E-state index contributed by atoms with van der Waals surface area (Å²) in [5.74, 6) is 1.02. The summed E-state index contributed by atoms with van der Waals surface area (Å²) in [7, 11) is 1.83. The van der Waals surface area contributed by atoms with Crippen molar-refractivity contribution in [2.75, 3.05) is 20.2 Å². The molecule has 1 amide bonds. The van der Waals surface area contributed by atoms with Crippen LogP contribution in [0.2, 0.25) is 0 Å². The minimum atomic E-state index is 0. The first-order chi connectivity index (χ1) is 9.09. The fraction of sp³-hybridized carbons (Fsp3) is 0.533. The quantitative estimate of drug-likeness (QED) is 0.750. The highest BCUT2D eigenvalue weighted by Crippen LogP contribution is 2.08. The van der Waals surface area contributed by atoms with Gasteiger partial charge in [0.25, 0.3) is 0 Å². The number of halogens is 1. The van der Waals surface area contributed by atoms with Gasteiger partial charge >= 0.3 is 0 Å². The molecule has 5 heteroatoms. The van der Waals surface area contributed by atoms with Crippen molar-refractivity contribution in [3.8, 4) is 5.75 Å². The van der Waals surface area contributed by atoms with Crippen LogP contribution in [0, 0.1) is 0 Å². The van der Waals surface area contributed by atoms with Crippen LogP contribution in [0.1, 0.15) is 26.2 Å². The zero-order valence-corrected chi connectivity index (χ0v) is 13.1. The van der Waals surface area contributed by atoms with E-state index in [0.29, 0.717) is 19.6 Å². The lowest BCUT2D eigenvalue weighted by Crippen LogP contribution is -2.30. The molecule has 0 saturated heterocycles. The molecule has 1 unspecified atom stereocenters. The van der Waals surface area contributed by atoms with Gasteiger partial charge in [0.2, 0.25) is 5.91 Å². The van der Waals surface area contributed by atoms with E-state index in [9.17, 15) is 4.79 Å². The SMILES string of the molecule is CC(N)CCC(=O)N(C)CCCOc1ccccc1.Cl. The van der Waals surface area contributed by atoms with Crippen LogP contribution in [0.5, 0.6) is 5.75 Å². The Kier molecular flexibility index (Phi) is 9.86. The molecule has 0 heterocycles. The van der Waals surface area contributed by atoms with Crippen LogP contribution in [0.3, 0.4) is 0 Å². The van der Waals surface area contributed by atoms with Gasteiger partial charge < -0.3 is 15.4 Å². The number of hydrogen-bond donors (Lipinski definition) is 1. The van der Waals surface area contributed by atoms with E-state index in [0.717, 1.165) is 18.6 Å². The van der Waals surface area contributed by atoms with Gasteiger partial charge in [-0.25, -0.2) is 0 Å². The molecule has 0 radical (unpaired) electrons. The van der Waals surface area contributed by atoms with E-state index < -0.39 is 0 Å². The summed E-state index contributed by atoms with van der Waals surface area (Å²) in [6, 6.07) is 9.78. The maximum Gasteiger partial charge on any atom is 0.222 e. The van der Waals surface area contributed by atoms with Crippen molar-refractivity contribution < 1.29 is 9.53 Å². The summed E-state index contributed by atoms with van der Waals surface area (Å²) in [6.07, 6.45) is 2.09. The van der Waals surface area contributed by atoms with Crippen molar-refractivity contribution in [2.45, 2.75) is 32.2 Å². The molecule has 2 N–H and O–H groups in total. The second-order valence-electron chi connectivity index (χ2n) is 4.85. The Labute approximate surface area is 127 Å². The lowest BCUT2D eigenvalue weighted by atomic mass is 10.2. The molecule has 0 aliphatic carbocycles. The van der Waals surface area contributed by atoms with Crippen LogP contribution >= 0.6 is 12.4 Å². The van der Waals surface area contributed by atoms with Gasteiger partial charge in [-0.3, -0.25) is 4.79 Å². The molecule has 1 atom stereocenters. The van der Waals surface area contributed by atoms with Gasteiger partial charge in [0.1, 0.15) is 5.75 Å². The molecule has 114 valence electrons. The molecule has 1 aromatic carbocycles. The molecule has 0 bridgehead atoms. The predicted molar refractivity (Wildman–Crippen MR) is 84.3 cm³/mol. The zero-order chi connectivity index (χ0) is 14.1. The number of carbonyl (C=O) groups excluding carboxylic acids is 1. The third-order valence-electron chi connectivity index (χ3n) is 2.89. The van der Waals surface area contributed by atoms with E-state index in [-0.39, 0.29) is 24.4 Å². The first-order valence-corrected chi connectivity index (χ1v) is 6.77. The van der Waals surface area contributed by atoms with Crippen molar-refractivity contribution in [3.05, 3.63) is 30.3 Å². The van der Waals surface area contributed by atoms with Crippen LogP contribution in [-0.2, 0) is 4.79 Å². The average molecular weight is 301 g/mol. The lowest BCUT2D eigenvalue weighted by molar-refractivity contribution is -0.130. The summed E-state index contributed by atoms with van der Waals surface area (Å²) in [6.45, 7) is 3.25. The number of benzene rings is 1. The number of para-hydroxylation sites is 1. The minimum Gasteiger partial charge on any atom is -0.494 e. The molecule has 0 spiro atoms. The van der Waals surface area contributed by atoms with Gasteiger partial charge in [0.15, 0.2) is 0 Å². The predicted octanol–water partition coefficient (Wildman–Crippen LogP) is 2.46. The Morgan fingerprint density at radius 2 is 2.00 bits per heavy atom. The van der Waals surface area contributed by atoms with E-state index in [1.807, 2.05) is 44.3 Å². The van der Waals surface area contributed by atoms with E-state index >= 15 is 0 Å². The number of carbonyl (C=O) groups is 1. The number of hydrogen-bond acceptors (Lipinski definition) is 3. The Morgan fingerprint density at radius 3 is 2.60 bits per heavy atom. The van der Waals surface area contributed by atoms with Crippen molar-refractivity contribution in [1.29, 1.82) is 0 Å². The highest BCUT2D eigenvalue weighted by atomic mass is 35.5. The van der Waals surface area contributed by atoms with Gasteiger partial charge in [-0.1, -0.05) is 18.2 Å². The Morgan fingerprint density at radius 1 is 1.35 bits per heavy atom. The average Bonchev–Trinajstić information content (AvgIpc) is 2.41. The van der Waals surface area contributed by atoms with Gasteiger partial charge in [-0.2, -0.15) is 0 Å².